The molecule has 3 rings (SSSR count). The highest BCUT2D eigenvalue weighted by molar-refractivity contribution is 7.80. The van der Waals surface area contributed by atoms with Gasteiger partial charge in [-0.25, -0.2) is 10.3 Å². The summed E-state index contributed by atoms with van der Waals surface area (Å²) >= 11 is 0. The van der Waals surface area contributed by atoms with Crippen molar-refractivity contribution in [2.75, 3.05) is 19.6 Å². The number of hydrogen-bond donors (Lipinski definition) is 4. The molecule has 3 heterocycles. The van der Waals surface area contributed by atoms with Crippen LogP contribution in [0.25, 0.3) is 0 Å². The Labute approximate surface area is 149 Å². The number of hydrogen-bond acceptors (Lipinski definition) is 7. The largest absolute Gasteiger partial charge is 0.418 e. The molecule has 0 aliphatic carbocycles. The van der Waals surface area contributed by atoms with Crippen LogP contribution in [0.15, 0.2) is 0 Å². The molecule has 3 amide bonds. The average Bonchev–Trinajstić information content (AvgIpc) is 3.12. The minimum absolute atomic E-state index is 0.0673. The van der Waals surface area contributed by atoms with Crippen LogP contribution in [-0.4, -0.2) is 83.6 Å². The third-order valence-electron chi connectivity index (χ3n) is 4.61. The molecule has 3 fully saturated rings. The Hall–Kier alpha value is -2.16. The highest BCUT2D eigenvalue weighted by Gasteiger charge is 2.49. The first-order valence-corrected chi connectivity index (χ1v) is 9.33. The van der Waals surface area contributed by atoms with Crippen LogP contribution >= 0.6 is 0 Å². The van der Waals surface area contributed by atoms with Crippen LogP contribution in [0.1, 0.15) is 19.3 Å². The lowest BCUT2D eigenvalue weighted by molar-refractivity contribution is -0.143. The maximum Gasteiger partial charge on any atom is 0.418 e. The second-order valence-electron chi connectivity index (χ2n) is 6.34. The number of likely N-dealkylation sites (tertiary alicyclic amines) is 1. The van der Waals surface area contributed by atoms with Crippen LogP contribution in [0.5, 0.6) is 0 Å². The Morgan fingerprint density at radius 3 is 2.65 bits per heavy atom. The van der Waals surface area contributed by atoms with Crippen molar-refractivity contribution in [3.05, 3.63) is 0 Å². The third kappa shape index (κ3) is 3.82. The molecule has 2 bridgehead atoms. The SMILES string of the molecule is N=C(N)N1CCC(ONC(=O)[C@H]2CC[C@H]3CN2C(=O)N3OS(=O)(=O)O)C1. The summed E-state index contributed by atoms with van der Waals surface area (Å²) in [6.07, 6.45) is 0.886. The smallest absolute Gasteiger partial charge is 0.370 e. The Balaban J connectivity index is 1.55. The van der Waals surface area contributed by atoms with E-state index in [1.807, 2.05) is 0 Å². The second-order valence-corrected chi connectivity index (χ2v) is 7.34. The van der Waals surface area contributed by atoms with Gasteiger partial charge in [0, 0.05) is 19.6 Å². The van der Waals surface area contributed by atoms with Gasteiger partial charge in [0.15, 0.2) is 5.96 Å². The van der Waals surface area contributed by atoms with E-state index in [9.17, 15) is 18.0 Å². The number of urea groups is 1. The summed E-state index contributed by atoms with van der Waals surface area (Å²) in [5.41, 5.74) is 7.71. The van der Waals surface area contributed by atoms with Crippen LogP contribution < -0.4 is 11.2 Å². The van der Waals surface area contributed by atoms with Crippen molar-refractivity contribution in [3.8, 4) is 0 Å². The van der Waals surface area contributed by atoms with Gasteiger partial charge in [-0.05, 0) is 19.3 Å². The molecule has 0 radical (unpaired) electrons. The number of hydroxylamine groups is 3. The summed E-state index contributed by atoms with van der Waals surface area (Å²) in [4.78, 5) is 32.7. The van der Waals surface area contributed by atoms with Crippen molar-refractivity contribution in [2.45, 2.75) is 37.5 Å². The number of rotatable bonds is 5. The topological polar surface area (TPSA) is 179 Å². The van der Waals surface area contributed by atoms with E-state index in [1.54, 1.807) is 4.90 Å². The lowest BCUT2D eigenvalue weighted by atomic mass is 10.0. The summed E-state index contributed by atoms with van der Waals surface area (Å²) in [5, 5.41) is 7.93. The molecule has 3 aliphatic rings. The number of amides is 3. The number of nitrogens with two attached hydrogens (primary N) is 1. The van der Waals surface area contributed by atoms with Gasteiger partial charge in [0.05, 0.1) is 6.04 Å². The fourth-order valence-corrected chi connectivity index (χ4v) is 3.75. The molecular formula is C12H20N6O7S. The molecule has 3 atom stereocenters. The van der Waals surface area contributed by atoms with Gasteiger partial charge in [-0.2, -0.15) is 13.5 Å². The summed E-state index contributed by atoms with van der Waals surface area (Å²) in [6, 6.07) is -2.21. The second kappa shape index (κ2) is 6.86. The van der Waals surface area contributed by atoms with Crippen molar-refractivity contribution in [1.29, 1.82) is 5.41 Å². The van der Waals surface area contributed by atoms with Crippen molar-refractivity contribution >= 4 is 28.3 Å². The van der Waals surface area contributed by atoms with Gasteiger partial charge in [0.25, 0.3) is 5.91 Å². The summed E-state index contributed by atoms with van der Waals surface area (Å²) in [5.74, 6) is -0.603. The first-order valence-electron chi connectivity index (χ1n) is 7.97. The zero-order valence-electron chi connectivity index (χ0n) is 13.7. The molecule has 146 valence electrons. The molecule has 3 saturated heterocycles. The van der Waals surface area contributed by atoms with Crippen LogP contribution in [0.4, 0.5) is 4.79 Å². The molecule has 0 aromatic heterocycles. The number of fused-ring (bicyclic) bond motifs is 2. The fraction of sp³-hybridized carbons (Fsp3) is 0.750. The quantitative estimate of drug-likeness (QED) is 0.178. The van der Waals surface area contributed by atoms with E-state index < -0.39 is 34.4 Å². The predicted octanol–water partition coefficient (Wildman–Crippen LogP) is -2.00. The maximum atomic E-state index is 12.4. The van der Waals surface area contributed by atoms with Gasteiger partial charge in [-0.3, -0.25) is 19.6 Å². The zero-order chi connectivity index (χ0) is 19.1. The molecule has 13 nitrogen and oxygen atoms in total. The standard InChI is InChI=1S/C12H20N6O7S/c13-11(14)16-4-3-8(6-16)24-15-10(19)9-2-1-7-5-17(9)12(20)18(7)25-26(21,22)23/h7-9H,1-6H2,(H3,13,14)(H,15,19)(H,21,22,23)/t7-,8?,9+/m0/s1. The van der Waals surface area contributed by atoms with Crippen LogP contribution in [0, 0.1) is 5.41 Å². The molecule has 14 heteroatoms. The highest BCUT2D eigenvalue weighted by Crippen LogP contribution is 2.30. The van der Waals surface area contributed by atoms with E-state index in [4.69, 9.17) is 20.5 Å². The lowest BCUT2D eigenvalue weighted by Gasteiger charge is -2.29. The van der Waals surface area contributed by atoms with Crippen LogP contribution in [0.2, 0.25) is 0 Å². The molecule has 3 aliphatic heterocycles. The van der Waals surface area contributed by atoms with E-state index in [2.05, 4.69) is 9.76 Å². The fourth-order valence-electron chi connectivity index (χ4n) is 3.36. The number of carbonyl (C=O) groups excluding carboxylic acids is 2. The summed E-state index contributed by atoms with van der Waals surface area (Å²) in [7, 11) is -4.83. The van der Waals surface area contributed by atoms with E-state index in [-0.39, 0.29) is 18.6 Å². The average molecular weight is 392 g/mol. The van der Waals surface area contributed by atoms with Crippen molar-refractivity contribution in [1.82, 2.24) is 20.3 Å². The molecule has 0 spiro atoms. The minimum Gasteiger partial charge on any atom is -0.370 e. The van der Waals surface area contributed by atoms with E-state index in [1.165, 1.54) is 4.90 Å². The Morgan fingerprint density at radius 2 is 2.04 bits per heavy atom. The predicted molar refractivity (Wildman–Crippen MR) is 84.5 cm³/mol. The Bertz CT molecular complexity index is 715. The zero-order valence-corrected chi connectivity index (χ0v) is 14.5. The molecule has 0 aromatic rings. The minimum atomic E-state index is -4.83. The maximum absolute atomic E-state index is 12.4. The molecule has 0 aromatic carbocycles. The van der Waals surface area contributed by atoms with Crippen molar-refractivity contribution in [2.24, 2.45) is 5.73 Å². The Morgan fingerprint density at radius 1 is 1.31 bits per heavy atom. The van der Waals surface area contributed by atoms with Crippen molar-refractivity contribution in [3.63, 3.8) is 0 Å². The number of nitrogens with zero attached hydrogens (tertiary/aromatic N) is 3. The lowest BCUT2D eigenvalue weighted by Crippen LogP contribution is -2.50. The van der Waals surface area contributed by atoms with Gasteiger partial charge >= 0.3 is 16.4 Å². The third-order valence-corrected chi connectivity index (χ3v) is 4.96. The normalized spacial score (nSPS) is 28.6. The number of piperidine rings is 1. The molecule has 26 heavy (non-hydrogen) atoms. The van der Waals surface area contributed by atoms with Crippen LogP contribution in [0.3, 0.4) is 0 Å². The molecule has 5 N–H and O–H groups in total. The molecular weight excluding hydrogens is 372 g/mol. The monoisotopic (exact) mass is 392 g/mol. The van der Waals surface area contributed by atoms with E-state index >= 15 is 0 Å². The van der Waals surface area contributed by atoms with E-state index in [0.717, 1.165) is 0 Å². The highest BCUT2D eigenvalue weighted by atomic mass is 32.3. The van der Waals surface area contributed by atoms with Gasteiger partial charge in [0.2, 0.25) is 0 Å². The van der Waals surface area contributed by atoms with E-state index in [0.29, 0.717) is 37.4 Å². The first kappa shape index (κ1) is 18.6. The number of guanidine groups is 1. The summed E-state index contributed by atoms with van der Waals surface area (Å²) < 4.78 is 34.8. The van der Waals surface area contributed by atoms with Gasteiger partial charge in [-0.15, -0.1) is 4.28 Å². The van der Waals surface area contributed by atoms with Gasteiger partial charge in [0.1, 0.15) is 12.1 Å². The number of carbonyl (C=O) groups is 2. The van der Waals surface area contributed by atoms with Gasteiger partial charge in [-0.1, -0.05) is 0 Å². The molecule has 0 saturated carbocycles. The number of nitrogens with one attached hydrogen (secondary N) is 2. The van der Waals surface area contributed by atoms with Gasteiger partial charge < -0.3 is 15.5 Å². The summed E-state index contributed by atoms with van der Waals surface area (Å²) in [6.45, 7) is 1.03. The first-order chi connectivity index (χ1) is 12.2. The van der Waals surface area contributed by atoms with Crippen molar-refractivity contribution < 1.29 is 31.7 Å². The van der Waals surface area contributed by atoms with Crippen LogP contribution in [-0.2, 0) is 24.3 Å². The Kier molecular flexibility index (Phi) is 4.92. The molecule has 1 unspecified atom stereocenters.